The van der Waals surface area contributed by atoms with Crippen LogP contribution in [0.15, 0.2) is 54.7 Å². The summed E-state index contributed by atoms with van der Waals surface area (Å²) >= 11 is 0. The average Bonchev–Trinajstić information content (AvgIpc) is 2.73. The highest BCUT2D eigenvalue weighted by molar-refractivity contribution is 5.93. The molecule has 5 heteroatoms. The quantitative estimate of drug-likeness (QED) is 0.818. The smallest absolute Gasteiger partial charge is 0.272 e. The van der Waals surface area contributed by atoms with Crippen LogP contribution in [0.3, 0.4) is 0 Å². The molecule has 1 amide bonds. The van der Waals surface area contributed by atoms with Gasteiger partial charge in [-0.05, 0) is 24.1 Å². The van der Waals surface area contributed by atoms with E-state index in [1.54, 1.807) is 6.20 Å². The first-order valence-electron chi connectivity index (χ1n) is 9.69. The third kappa shape index (κ3) is 5.66. The molecule has 0 bridgehead atoms. The molecule has 1 fully saturated rings. The second kappa shape index (κ2) is 9.88. The summed E-state index contributed by atoms with van der Waals surface area (Å²) in [6, 6.07) is 14.1. The van der Waals surface area contributed by atoms with Gasteiger partial charge >= 0.3 is 0 Å². The van der Waals surface area contributed by atoms with Gasteiger partial charge in [0.15, 0.2) is 0 Å². The molecule has 0 unspecified atom stereocenters. The van der Waals surface area contributed by atoms with Crippen molar-refractivity contribution in [1.29, 1.82) is 0 Å². The number of benzene rings is 1. The largest absolute Gasteiger partial charge is 0.385 e. The second-order valence-corrected chi connectivity index (χ2v) is 6.76. The van der Waals surface area contributed by atoms with Crippen molar-refractivity contribution in [3.05, 3.63) is 66.0 Å². The van der Waals surface area contributed by atoms with E-state index in [0.717, 1.165) is 51.4 Å². The molecule has 0 radical (unpaired) electrons. The number of piperazine rings is 1. The molecule has 3 rings (SSSR count). The number of nitrogens with zero attached hydrogens (tertiary/aromatic N) is 3. The third-order valence-corrected chi connectivity index (χ3v) is 4.69. The molecule has 0 aliphatic carbocycles. The molecule has 1 N–H and O–H groups in total. The molecule has 1 saturated heterocycles. The predicted molar refractivity (Wildman–Crippen MR) is 111 cm³/mol. The van der Waals surface area contributed by atoms with Gasteiger partial charge in [-0.15, -0.1) is 0 Å². The molecular formula is C22H28N4O. The third-order valence-electron chi connectivity index (χ3n) is 4.69. The number of hydrogen-bond acceptors (Lipinski definition) is 4. The maximum atomic E-state index is 12.7. The lowest BCUT2D eigenvalue weighted by molar-refractivity contribution is 0.0644. The Morgan fingerprint density at radius 3 is 2.67 bits per heavy atom. The Morgan fingerprint density at radius 1 is 1.15 bits per heavy atom. The Morgan fingerprint density at radius 2 is 1.93 bits per heavy atom. The van der Waals surface area contributed by atoms with Gasteiger partial charge in [-0.1, -0.05) is 49.4 Å². The summed E-state index contributed by atoms with van der Waals surface area (Å²) in [5, 5.41) is 3.31. The number of nitrogens with one attached hydrogen (secondary N) is 1. The zero-order valence-electron chi connectivity index (χ0n) is 16.0. The van der Waals surface area contributed by atoms with Crippen molar-refractivity contribution in [2.45, 2.75) is 13.3 Å². The Bertz CT molecular complexity index is 752. The molecule has 1 aromatic carbocycles. The fourth-order valence-corrected chi connectivity index (χ4v) is 3.12. The van der Waals surface area contributed by atoms with Crippen molar-refractivity contribution in [1.82, 2.24) is 14.8 Å². The van der Waals surface area contributed by atoms with E-state index in [1.807, 2.05) is 35.2 Å². The number of hydrogen-bond donors (Lipinski definition) is 1. The molecule has 2 heterocycles. The zero-order chi connectivity index (χ0) is 18.9. The lowest BCUT2D eigenvalue weighted by Crippen LogP contribution is -2.48. The lowest BCUT2D eigenvalue weighted by Gasteiger charge is -2.34. The second-order valence-electron chi connectivity index (χ2n) is 6.76. The number of rotatable bonds is 7. The summed E-state index contributed by atoms with van der Waals surface area (Å²) in [4.78, 5) is 21.3. The maximum Gasteiger partial charge on any atom is 0.272 e. The molecule has 142 valence electrons. The molecule has 5 nitrogen and oxygen atoms in total. The van der Waals surface area contributed by atoms with Gasteiger partial charge in [0.05, 0.1) is 0 Å². The van der Waals surface area contributed by atoms with E-state index in [4.69, 9.17) is 0 Å². The lowest BCUT2D eigenvalue weighted by atomic mass is 10.2. The molecule has 27 heavy (non-hydrogen) atoms. The van der Waals surface area contributed by atoms with Crippen LogP contribution in [0.2, 0.25) is 0 Å². The van der Waals surface area contributed by atoms with Crippen LogP contribution in [0.4, 0.5) is 5.69 Å². The van der Waals surface area contributed by atoms with Gasteiger partial charge in [0, 0.05) is 51.2 Å². The van der Waals surface area contributed by atoms with E-state index >= 15 is 0 Å². The van der Waals surface area contributed by atoms with Crippen molar-refractivity contribution < 1.29 is 4.79 Å². The van der Waals surface area contributed by atoms with Gasteiger partial charge in [0.2, 0.25) is 0 Å². The van der Waals surface area contributed by atoms with Gasteiger partial charge in [-0.3, -0.25) is 14.7 Å². The highest BCUT2D eigenvalue weighted by Crippen LogP contribution is 2.12. The zero-order valence-corrected chi connectivity index (χ0v) is 16.0. The van der Waals surface area contributed by atoms with Crippen molar-refractivity contribution in [2.75, 3.05) is 44.6 Å². The Balaban J connectivity index is 1.48. The van der Waals surface area contributed by atoms with E-state index in [1.165, 1.54) is 5.56 Å². The SMILES string of the molecule is CCCNc1ccnc(C(=O)N2CCN(C/C=C/c3ccccc3)CC2)c1. The standard InChI is InChI=1S/C22H28N4O/c1-2-11-23-20-10-12-24-21(18-20)22(27)26-16-14-25(15-17-26)13-6-9-19-7-4-3-5-8-19/h3-10,12,18H,2,11,13-17H2,1H3,(H,23,24)/b9-6+. The Kier molecular flexibility index (Phi) is 6.99. The van der Waals surface area contributed by atoms with Crippen LogP contribution in [0.1, 0.15) is 29.4 Å². The van der Waals surface area contributed by atoms with Crippen LogP contribution < -0.4 is 5.32 Å². The molecule has 0 atom stereocenters. The van der Waals surface area contributed by atoms with Crippen molar-refractivity contribution in [2.24, 2.45) is 0 Å². The summed E-state index contributed by atoms with van der Waals surface area (Å²) in [5.74, 6) is 0.0228. The number of carbonyl (C=O) groups is 1. The summed E-state index contributed by atoms with van der Waals surface area (Å²) < 4.78 is 0. The van der Waals surface area contributed by atoms with E-state index < -0.39 is 0 Å². The van der Waals surface area contributed by atoms with Crippen LogP contribution in [-0.4, -0.2) is 60.0 Å². The monoisotopic (exact) mass is 364 g/mol. The van der Waals surface area contributed by atoms with Gasteiger partial charge in [0.1, 0.15) is 5.69 Å². The molecule has 0 spiro atoms. The summed E-state index contributed by atoms with van der Waals surface area (Å²) in [6.07, 6.45) is 7.09. The normalized spacial score (nSPS) is 15.2. The van der Waals surface area contributed by atoms with E-state index in [0.29, 0.717) is 5.69 Å². The fourth-order valence-electron chi connectivity index (χ4n) is 3.12. The summed E-state index contributed by atoms with van der Waals surface area (Å²) in [6.45, 7) is 7.18. The minimum Gasteiger partial charge on any atom is -0.385 e. The van der Waals surface area contributed by atoms with Crippen LogP contribution in [0.25, 0.3) is 6.08 Å². The molecule has 2 aromatic rings. The summed E-state index contributed by atoms with van der Waals surface area (Å²) in [5.41, 5.74) is 2.70. The van der Waals surface area contributed by atoms with Gasteiger partial charge < -0.3 is 10.2 Å². The minimum absolute atomic E-state index is 0.0228. The van der Waals surface area contributed by atoms with E-state index in [2.05, 4.69) is 46.4 Å². The van der Waals surface area contributed by atoms with E-state index in [-0.39, 0.29) is 5.91 Å². The highest BCUT2D eigenvalue weighted by Gasteiger charge is 2.22. The number of carbonyl (C=O) groups excluding carboxylic acids is 1. The molecule has 1 aromatic heterocycles. The average molecular weight is 364 g/mol. The highest BCUT2D eigenvalue weighted by atomic mass is 16.2. The first-order chi connectivity index (χ1) is 13.3. The first-order valence-corrected chi connectivity index (χ1v) is 9.69. The summed E-state index contributed by atoms with van der Waals surface area (Å²) in [7, 11) is 0. The fraction of sp³-hybridized carbons (Fsp3) is 0.364. The van der Waals surface area contributed by atoms with Crippen molar-refractivity contribution in [3.63, 3.8) is 0 Å². The van der Waals surface area contributed by atoms with Crippen LogP contribution in [0.5, 0.6) is 0 Å². The van der Waals surface area contributed by atoms with Crippen LogP contribution in [-0.2, 0) is 0 Å². The number of aromatic nitrogens is 1. The number of anilines is 1. The van der Waals surface area contributed by atoms with Crippen LogP contribution >= 0.6 is 0 Å². The van der Waals surface area contributed by atoms with Crippen molar-refractivity contribution >= 4 is 17.7 Å². The van der Waals surface area contributed by atoms with Gasteiger partial charge in [-0.2, -0.15) is 0 Å². The Labute approximate surface area is 161 Å². The first kappa shape index (κ1) is 19.1. The van der Waals surface area contributed by atoms with Gasteiger partial charge in [-0.25, -0.2) is 0 Å². The Hall–Kier alpha value is -2.66. The maximum absolute atomic E-state index is 12.7. The minimum atomic E-state index is 0.0228. The van der Waals surface area contributed by atoms with Gasteiger partial charge in [0.25, 0.3) is 5.91 Å². The molecule has 1 aliphatic heterocycles. The number of pyridine rings is 1. The number of amides is 1. The molecule has 1 aliphatic rings. The van der Waals surface area contributed by atoms with Crippen molar-refractivity contribution in [3.8, 4) is 0 Å². The molecule has 0 saturated carbocycles. The topological polar surface area (TPSA) is 48.5 Å². The van der Waals surface area contributed by atoms with Crippen LogP contribution in [0, 0.1) is 0 Å². The van der Waals surface area contributed by atoms with E-state index in [9.17, 15) is 4.79 Å². The predicted octanol–water partition coefficient (Wildman–Crippen LogP) is 3.37. The molecular weight excluding hydrogens is 336 g/mol.